The Bertz CT molecular complexity index is 413. The van der Waals surface area contributed by atoms with Crippen LogP contribution in [0.3, 0.4) is 0 Å². The lowest BCUT2D eigenvalue weighted by atomic mass is 10.1. The average Bonchev–Trinajstić information content (AvgIpc) is 2.96. The fourth-order valence-electron chi connectivity index (χ4n) is 2.87. The molecule has 0 aliphatic carbocycles. The molecule has 0 bridgehead atoms. The van der Waals surface area contributed by atoms with Crippen LogP contribution in [0.2, 0.25) is 0 Å². The monoisotopic (exact) mass is 248 g/mol. The molecular weight excluding hydrogens is 226 g/mol. The molecule has 0 aromatic heterocycles. The molecule has 1 aromatic rings. The van der Waals surface area contributed by atoms with E-state index < -0.39 is 0 Å². The van der Waals surface area contributed by atoms with Crippen LogP contribution < -0.4 is 10.1 Å². The maximum Gasteiger partial charge on any atom is 0.123 e. The second-order valence-electron chi connectivity index (χ2n) is 5.44. The summed E-state index contributed by atoms with van der Waals surface area (Å²) < 4.78 is 11.3. The average molecular weight is 248 g/mol. The topological polar surface area (TPSA) is 35.1 Å². The van der Waals surface area contributed by atoms with E-state index in [2.05, 4.69) is 30.4 Å². The normalized spacial score (nSPS) is 26.1. The predicted molar refractivity (Wildman–Crippen MR) is 69.7 cm³/mol. The van der Waals surface area contributed by atoms with Crippen molar-refractivity contribution in [2.75, 3.05) is 13.2 Å². The Morgan fingerprint density at radius 2 is 2.33 bits per heavy atom. The molecule has 2 atom stereocenters. The van der Waals surface area contributed by atoms with Gasteiger partial charge in [0, 0.05) is 18.6 Å². The van der Waals surface area contributed by atoms with Crippen molar-refractivity contribution in [3.63, 3.8) is 0 Å². The highest BCUT2D eigenvalue weighted by Gasteiger charge is 2.20. The minimum atomic E-state index is 0.339. The number of fused-ring (bicyclic) bond motifs is 1. The van der Waals surface area contributed by atoms with Crippen LogP contribution in [-0.4, -0.2) is 25.4 Å². The molecule has 0 amide bonds. The Balaban J connectivity index is 1.52. The molecule has 1 fully saturated rings. The summed E-state index contributed by atoms with van der Waals surface area (Å²) >= 11 is 0. The third kappa shape index (κ3) is 2.68. The molecule has 3 rings (SSSR count). The Labute approximate surface area is 108 Å². The summed E-state index contributed by atoms with van der Waals surface area (Å²) in [5.41, 5.74) is 2.76. The number of ether oxygens (including phenoxy) is 2. The standard InChI is InChI=1S/C15H21NO2/c1-11-7-13-8-12(4-5-15(13)18-11)9-16-10-14-3-2-6-17-14/h4-5,8,11,14,16H,2-3,6-7,9-10H2,1H3/p+1/t11-,14+/m1/s1. The Morgan fingerprint density at radius 1 is 1.39 bits per heavy atom. The summed E-state index contributed by atoms with van der Waals surface area (Å²) in [6.07, 6.45) is 4.32. The van der Waals surface area contributed by atoms with Crippen molar-refractivity contribution in [1.82, 2.24) is 0 Å². The van der Waals surface area contributed by atoms with Gasteiger partial charge in [0.15, 0.2) is 0 Å². The van der Waals surface area contributed by atoms with Crippen molar-refractivity contribution in [1.29, 1.82) is 0 Å². The predicted octanol–water partition coefficient (Wildman–Crippen LogP) is 1.25. The second-order valence-corrected chi connectivity index (χ2v) is 5.44. The Hall–Kier alpha value is -1.06. The third-order valence-corrected chi connectivity index (χ3v) is 3.79. The molecule has 3 heteroatoms. The Kier molecular flexibility index (Phi) is 3.52. The van der Waals surface area contributed by atoms with E-state index in [0.717, 1.165) is 31.9 Å². The summed E-state index contributed by atoms with van der Waals surface area (Å²) in [7, 11) is 0. The van der Waals surface area contributed by atoms with Gasteiger partial charge in [-0.15, -0.1) is 0 Å². The number of rotatable bonds is 4. The summed E-state index contributed by atoms with van der Waals surface area (Å²) in [4.78, 5) is 0. The molecule has 0 spiro atoms. The number of quaternary nitrogens is 1. The van der Waals surface area contributed by atoms with Crippen LogP contribution in [0.15, 0.2) is 18.2 Å². The first kappa shape index (κ1) is 12.0. The smallest absolute Gasteiger partial charge is 0.123 e. The first-order chi connectivity index (χ1) is 8.81. The van der Waals surface area contributed by atoms with E-state index in [4.69, 9.17) is 9.47 Å². The van der Waals surface area contributed by atoms with Crippen LogP contribution in [0.4, 0.5) is 0 Å². The molecule has 0 saturated carbocycles. The van der Waals surface area contributed by atoms with Gasteiger partial charge in [0.05, 0.1) is 0 Å². The highest BCUT2D eigenvalue weighted by atomic mass is 16.5. The van der Waals surface area contributed by atoms with Crippen LogP contribution in [0.25, 0.3) is 0 Å². The quantitative estimate of drug-likeness (QED) is 0.870. The summed E-state index contributed by atoms with van der Waals surface area (Å²) in [6.45, 7) is 5.21. The van der Waals surface area contributed by atoms with Gasteiger partial charge in [-0.1, -0.05) is 0 Å². The highest BCUT2D eigenvalue weighted by molar-refractivity contribution is 5.40. The fourth-order valence-corrected chi connectivity index (χ4v) is 2.87. The van der Waals surface area contributed by atoms with E-state index >= 15 is 0 Å². The van der Waals surface area contributed by atoms with Gasteiger partial charge in [0.25, 0.3) is 0 Å². The molecule has 1 aromatic carbocycles. The maximum absolute atomic E-state index is 5.72. The molecular formula is C15H22NO2+. The Morgan fingerprint density at radius 3 is 3.17 bits per heavy atom. The zero-order valence-electron chi connectivity index (χ0n) is 11.0. The van der Waals surface area contributed by atoms with E-state index in [9.17, 15) is 0 Å². The van der Waals surface area contributed by atoms with E-state index in [1.807, 2.05) is 0 Å². The number of nitrogens with two attached hydrogens (primary N) is 1. The number of hydrogen-bond donors (Lipinski definition) is 1. The molecule has 1 saturated heterocycles. The van der Waals surface area contributed by atoms with Crippen molar-refractivity contribution in [3.8, 4) is 5.75 Å². The molecule has 98 valence electrons. The number of hydrogen-bond acceptors (Lipinski definition) is 2. The van der Waals surface area contributed by atoms with Crippen LogP contribution in [-0.2, 0) is 17.7 Å². The molecule has 0 radical (unpaired) electrons. The lowest BCUT2D eigenvalue weighted by molar-refractivity contribution is -0.676. The van der Waals surface area contributed by atoms with Gasteiger partial charge in [-0.2, -0.15) is 0 Å². The van der Waals surface area contributed by atoms with Gasteiger partial charge in [-0.05, 0) is 43.5 Å². The summed E-state index contributed by atoms with van der Waals surface area (Å²) in [5.74, 6) is 1.07. The van der Waals surface area contributed by atoms with Gasteiger partial charge < -0.3 is 14.8 Å². The molecule has 18 heavy (non-hydrogen) atoms. The number of benzene rings is 1. The molecule has 2 heterocycles. The minimum absolute atomic E-state index is 0.339. The minimum Gasteiger partial charge on any atom is -0.490 e. The van der Waals surface area contributed by atoms with Gasteiger partial charge in [0.2, 0.25) is 0 Å². The molecule has 0 unspecified atom stereocenters. The van der Waals surface area contributed by atoms with Crippen LogP contribution in [0.5, 0.6) is 5.75 Å². The third-order valence-electron chi connectivity index (χ3n) is 3.79. The van der Waals surface area contributed by atoms with Gasteiger partial charge in [-0.3, -0.25) is 0 Å². The van der Waals surface area contributed by atoms with E-state index in [0.29, 0.717) is 12.2 Å². The van der Waals surface area contributed by atoms with E-state index in [-0.39, 0.29) is 0 Å². The summed E-state index contributed by atoms with van der Waals surface area (Å²) in [5, 5.41) is 2.36. The van der Waals surface area contributed by atoms with E-state index in [1.165, 1.54) is 24.0 Å². The van der Waals surface area contributed by atoms with Crippen LogP contribution >= 0.6 is 0 Å². The van der Waals surface area contributed by atoms with Gasteiger partial charge >= 0.3 is 0 Å². The fraction of sp³-hybridized carbons (Fsp3) is 0.600. The first-order valence-electron chi connectivity index (χ1n) is 7.03. The van der Waals surface area contributed by atoms with Gasteiger partial charge in [-0.25, -0.2) is 0 Å². The second kappa shape index (κ2) is 5.29. The molecule has 2 N–H and O–H groups in total. The van der Waals surface area contributed by atoms with Crippen molar-refractivity contribution in [2.45, 2.75) is 44.9 Å². The zero-order chi connectivity index (χ0) is 12.4. The summed E-state index contributed by atoms with van der Waals surface area (Å²) in [6, 6.07) is 6.60. The van der Waals surface area contributed by atoms with Crippen molar-refractivity contribution in [2.24, 2.45) is 0 Å². The van der Waals surface area contributed by atoms with Crippen molar-refractivity contribution in [3.05, 3.63) is 29.3 Å². The maximum atomic E-state index is 5.72. The lowest BCUT2D eigenvalue weighted by Crippen LogP contribution is -2.84. The highest BCUT2D eigenvalue weighted by Crippen LogP contribution is 2.29. The van der Waals surface area contributed by atoms with Gasteiger partial charge in [0.1, 0.15) is 31.0 Å². The molecule has 3 nitrogen and oxygen atoms in total. The lowest BCUT2D eigenvalue weighted by Gasteiger charge is -2.08. The van der Waals surface area contributed by atoms with Crippen molar-refractivity contribution < 1.29 is 14.8 Å². The molecule has 2 aliphatic rings. The van der Waals surface area contributed by atoms with Crippen LogP contribution in [0, 0.1) is 0 Å². The van der Waals surface area contributed by atoms with E-state index in [1.54, 1.807) is 0 Å². The SMILES string of the molecule is C[C@@H]1Cc2cc(C[NH2+]C[C@@H]3CCCO3)ccc2O1. The zero-order valence-corrected chi connectivity index (χ0v) is 11.0. The molecule has 2 aliphatic heterocycles. The van der Waals surface area contributed by atoms with Crippen molar-refractivity contribution >= 4 is 0 Å². The first-order valence-corrected chi connectivity index (χ1v) is 7.03. The van der Waals surface area contributed by atoms with Crippen LogP contribution in [0.1, 0.15) is 30.9 Å². The largest absolute Gasteiger partial charge is 0.490 e.